The number of fused-ring (bicyclic) bond motifs is 4. The maximum Gasteiger partial charge on any atom is 0.243 e. The fourth-order valence-corrected chi connectivity index (χ4v) is 6.56. The number of benzene rings is 2. The predicted molar refractivity (Wildman–Crippen MR) is 184 cm³/mol. The standard InChI is InChI=1S/C37H44N4O6/c1-8-21(2)34(37(44)38-19-24-20-41(4)30-12-10-9-11-25(24)30)40-29-16-14-26-27(18-31(29)43)28(39-22(3)42)15-13-23-17-32(45-5)35(46-6)36(47-7)33(23)26/h9-12,14,16-18,20-21,28,34H,8,13,15,19H2,1-7H3,(H,38,44)(H,39,42)(H,40,43)/t21-,28+,34+/m0/s1. The number of hydrogen-bond acceptors (Lipinski definition) is 7. The number of aromatic nitrogens is 1. The summed E-state index contributed by atoms with van der Waals surface area (Å²) in [5, 5.41) is 10.5. The second kappa shape index (κ2) is 14.2. The highest BCUT2D eigenvalue weighted by atomic mass is 16.5. The van der Waals surface area contributed by atoms with Crippen molar-refractivity contribution >= 4 is 28.4 Å². The number of carbonyl (C=O) groups is 2. The van der Waals surface area contributed by atoms with Crippen molar-refractivity contribution in [3.05, 3.63) is 81.6 Å². The van der Waals surface area contributed by atoms with Crippen LogP contribution >= 0.6 is 0 Å². The van der Waals surface area contributed by atoms with Crippen LogP contribution in [0.1, 0.15) is 56.3 Å². The van der Waals surface area contributed by atoms with Crippen molar-refractivity contribution in [3.63, 3.8) is 0 Å². The number of rotatable bonds is 11. The Balaban J connectivity index is 1.55. The van der Waals surface area contributed by atoms with Crippen molar-refractivity contribution in [2.75, 3.05) is 26.6 Å². The Hall–Kier alpha value is -4.99. The van der Waals surface area contributed by atoms with Gasteiger partial charge in [0, 0.05) is 43.2 Å². The van der Waals surface area contributed by atoms with Gasteiger partial charge in [0.2, 0.25) is 23.0 Å². The molecule has 248 valence electrons. The molecule has 0 aliphatic heterocycles. The quantitative estimate of drug-likeness (QED) is 0.198. The van der Waals surface area contributed by atoms with E-state index < -0.39 is 12.1 Å². The first-order valence-corrected chi connectivity index (χ1v) is 16.0. The Morgan fingerprint density at radius 2 is 1.77 bits per heavy atom. The lowest BCUT2D eigenvalue weighted by Gasteiger charge is -2.24. The number of amides is 2. The second-order valence-corrected chi connectivity index (χ2v) is 12.1. The van der Waals surface area contributed by atoms with Crippen molar-refractivity contribution in [3.8, 4) is 28.4 Å². The average Bonchev–Trinajstić information content (AvgIpc) is 3.20. The number of nitrogens with zero attached hydrogens (tertiary/aromatic N) is 1. The van der Waals surface area contributed by atoms with E-state index in [0.29, 0.717) is 42.2 Å². The predicted octanol–water partition coefficient (Wildman–Crippen LogP) is 5.50. The van der Waals surface area contributed by atoms with Gasteiger partial charge in [0.05, 0.1) is 33.1 Å². The van der Waals surface area contributed by atoms with Crippen molar-refractivity contribution in [2.24, 2.45) is 13.0 Å². The van der Waals surface area contributed by atoms with Crippen LogP contribution in [0, 0.1) is 5.92 Å². The van der Waals surface area contributed by atoms with Crippen LogP contribution in [0.2, 0.25) is 0 Å². The number of nitrogens with one attached hydrogen (secondary N) is 3. The van der Waals surface area contributed by atoms with E-state index in [4.69, 9.17) is 14.2 Å². The Morgan fingerprint density at radius 3 is 2.45 bits per heavy atom. The maximum absolute atomic E-state index is 13.9. The summed E-state index contributed by atoms with van der Waals surface area (Å²) in [5.41, 5.74) is 5.18. The van der Waals surface area contributed by atoms with E-state index in [1.807, 2.05) is 68.1 Å². The topological polar surface area (TPSA) is 120 Å². The Bertz CT molecular complexity index is 1870. The Kier molecular flexibility index (Phi) is 10.1. The molecule has 3 aromatic carbocycles. The zero-order valence-corrected chi connectivity index (χ0v) is 28.2. The number of ether oxygens (including phenoxy) is 3. The highest BCUT2D eigenvalue weighted by Gasteiger charge is 2.30. The molecule has 0 bridgehead atoms. The summed E-state index contributed by atoms with van der Waals surface area (Å²) in [7, 11) is 6.67. The van der Waals surface area contributed by atoms with Crippen LogP contribution in [0.4, 0.5) is 5.69 Å². The highest BCUT2D eigenvalue weighted by Crippen LogP contribution is 2.50. The molecule has 0 saturated heterocycles. The fraction of sp³-hybridized carbons (Fsp3) is 0.378. The molecule has 10 heteroatoms. The zero-order chi connectivity index (χ0) is 33.8. The van der Waals surface area contributed by atoms with E-state index in [2.05, 4.69) is 16.0 Å². The number of para-hydroxylation sites is 1. The summed E-state index contributed by atoms with van der Waals surface area (Å²) in [4.78, 5) is 40.0. The minimum absolute atomic E-state index is 0.0741. The van der Waals surface area contributed by atoms with Gasteiger partial charge in [-0.3, -0.25) is 14.4 Å². The molecule has 5 rings (SSSR count). The van der Waals surface area contributed by atoms with Crippen LogP contribution in [-0.4, -0.2) is 43.8 Å². The SMILES string of the molecule is CC[C@H](C)[C@@H](Nc1ccc2c(cc1=O)[C@H](NC(C)=O)CCc1cc(OC)c(OC)c(OC)c1-2)C(=O)NCc1cn(C)c2ccccc12. The molecule has 1 aromatic heterocycles. The van der Waals surface area contributed by atoms with E-state index in [9.17, 15) is 14.4 Å². The lowest BCUT2D eigenvalue weighted by Crippen LogP contribution is -2.44. The van der Waals surface area contributed by atoms with E-state index in [1.54, 1.807) is 33.5 Å². The van der Waals surface area contributed by atoms with Gasteiger partial charge in [0.15, 0.2) is 11.5 Å². The van der Waals surface area contributed by atoms with Crippen LogP contribution in [0.15, 0.2) is 59.5 Å². The molecule has 1 heterocycles. The molecule has 4 aromatic rings. The van der Waals surface area contributed by atoms with E-state index >= 15 is 0 Å². The Morgan fingerprint density at radius 1 is 1.02 bits per heavy atom. The minimum Gasteiger partial charge on any atom is -0.493 e. The van der Waals surface area contributed by atoms with Gasteiger partial charge in [0.1, 0.15) is 6.04 Å². The molecular weight excluding hydrogens is 596 g/mol. The van der Waals surface area contributed by atoms with Crippen LogP contribution in [0.3, 0.4) is 0 Å². The van der Waals surface area contributed by atoms with Gasteiger partial charge in [-0.05, 0) is 65.3 Å². The number of hydrogen-bond donors (Lipinski definition) is 3. The van der Waals surface area contributed by atoms with Gasteiger partial charge in [-0.1, -0.05) is 44.5 Å². The van der Waals surface area contributed by atoms with Crippen LogP contribution in [0.5, 0.6) is 17.2 Å². The first-order valence-electron chi connectivity index (χ1n) is 16.0. The first kappa shape index (κ1) is 33.4. The molecule has 0 radical (unpaired) electrons. The summed E-state index contributed by atoms with van der Waals surface area (Å²) in [6.45, 7) is 5.83. The van der Waals surface area contributed by atoms with E-state index in [0.717, 1.165) is 39.6 Å². The monoisotopic (exact) mass is 640 g/mol. The third-order valence-electron chi connectivity index (χ3n) is 9.16. The molecule has 0 spiro atoms. The van der Waals surface area contributed by atoms with Gasteiger partial charge >= 0.3 is 0 Å². The number of aryl methyl sites for hydroxylation is 2. The molecule has 3 atom stereocenters. The van der Waals surface area contributed by atoms with E-state index in [-0.39, 0.29) is 28.8 Å². The molecule has 1 aliphatic rings. The zero-order valence-electron chi connectivity index (χ0n) is 28.2. The molecule has 0 unspecified atom stereocenters. The third kappa shape index (κ3) is 6.63. The van der Waals surface area contributed by atoms with Gasteiger partial charge in [-0.25, -0.2) is 0 Å². The fourth-order valence-electron chi connectivity index (χ4n) is 6.56. The summed E-state index contributed by atoms with van der Waals surface area (Å²) >= 11 is 0. The first-order chi connectivity index (χ1) is 22.6. The Labute approximate surface area is 275 Å². The average molecular weight is 641 g/mol. The van der Waals surface area contributed by atoms with Gasteiger partial charge in [0.25, 0.3) is 0 Å². The molecule has 3 N–H and O–H groups in total. The smallest absolute Gasteiger partial charge is 0.243 e. The van der Waals surface area contributed by atoms with Crippen LogP contribution in [0.25, 0.3) is 22.0 Å². The molecule has 2 amide bonds. The van der Waals surface area contributed by atoms with Crippen molar-refractivity contribution in [2.45, 2.75) is 58.7 Å². The summed E-state index contributed by atoms with van der Waals surface area (Å²) in [6.07, 6.45) is 3.90. The molecular formula is C37H44N4O6. The number of carbonyl (C=O) groups excluding carboxylic acids is 2. The summed E-state index contributed by atoms with van der Waals surface area (Å²) in [6, 6.07) is 14.0. The molecule has 0 saturated carbocycles. The summed E-state index contributed by atoms with van der Waals surface area (Å²) in [5.74, 6) is 0.969. The lowest BCUT2D eigenvalue weighted by atomic mass is 9.95. The summed E-state index contributed by atoms with van der Waals surface area (Å²) < 4.78 is 19.3. The largest absolute Gasteiger partial charge is 0.493 e. The van der Waals surface area contributed by atoms with Gasteiger partial charge < -0.3 is 34.7 Å². The van der Waals surface area contributed by atoms with Crippen LogP contribution < -0.4 is 35.6 Å². The number of methoxy groups -OCH3 is 3. The highest BCUT2D eigenvalue weighted by molar-refractivity contribution is 5.88. The molecule has 0 fully saturated rings. The lowest BCUT2D eigenvalue weighted by molar-refractivity contribution is -0.123. The molecule has 47 heavy (non-hydrogen) atoms. The maximum atomic E-state index is 13.9. The molecule has 10 nitrogen and oxygen atoms in total. The minimum atomic E-state index is -0.665. The van der Waals surface area contributed by atoms with Gasteiger partial charge in [-0.15, -0.1) is 0 Å². The van der Waals surface area contributed by atoms with Crippen molar-refractivity contribution < 1.29 is 23.8 Å². The van der Waals surface area contributed by atoms with Crippen molar-refractivity contribution in [1.82, 2.24) is 15.2 Å². The normalized spacial score (nSPS) is 15.0. The van der Waals surface area contributed by atoms with Crippen molar-refractivity contribution in [1.29, 1.82) is 0 Å². The second-order valence-electron chi connectivity index (χ2n) is 12.1. The third-order valence-corrected chi connectivity index (χ3v) is 9.16. The van der Waals surface area contributed by atoms with Gasteiger partial charge in [-0.2, -0.15) is 0 Å². The molecule has 1 aliphatic carbocycles. The van der Waals surface area contributed by atoms with Crippen LogP contribution in [-0.2, 0) is 29.6 Å². The number of anilines is 1. The van der Waals surface area contributed by atoms with E-state index in [1.165, 1.54) is 6.92 Å².